The fourth-order valence-electron chi connectivity index (χ4n) is 2.52. The van der Waals surface area contributed by atoms with Crippen molar-refractivity contribution in [2.45, 2.75) is 44.9 Å². The van der Waals surface area contributed by atoms with Crippen molar-refractivity contribution >= 4 is 17.6 Å². The molecule has 2 N–H and O–H groups in total. The molecule has 0 radical (unpaired) electrons. The van der Waals surface area contributed by atoms with Crippen LogP contribution in [0.15, 0.2) is 35.9 Å². The van der Waals surface area contributed by atoms with Crippen molar-refractivity contribution in [2.24, 2.45) is 0 Å². The van der Waals surface area contributed by atoms with Gasteiger partial charge in [-0.2, -0.15) is 0 Å². The maximum Gasteiger partial charge on any atom is 0.303 e. The van der Waals surface area contributed by atoms with E-state index in [1.807, 2.05) is 0 Å². The monoisotopic (exact) mass is 317 g/mol. The summed E-state index contributed by atoms with van der Waals surface area (Å²) in [6.07, 6.45) is 7.72. The SMILES string of the molecule is O=C(O)CCCOc1ccc(NC(=O)CC2=CCCCC2)cc1. The fraction of sp³-hybridized carbons (Fsp3) is 0.444. The van der Waals surface area contributed by atoms with Crippen LogP contribution in [0.5, 0.6) is 5.75 Å². The van der Waals surface area contributed by atoms with Gasteiger partial charge in [0.25, 0.3) is 0 Å². The second-order valence-corrected chi connectivity index (χ2v) is 5.70. The molecular formula is C18H23NO4. The maximum atomic E-state index is 12.0. The maximum absolute atomic E-state index is 12.0. The Morgan fingerprint density at radius 3 is 2.61 bits per heavy atom. The summed E-state index contributed by atoms with van der Waals surface area (Å²) in [6.45, 7) is 0.367. The summed E-state index contributed by atoms with van der Waals surface area (Å²) in [5.74, 6) is -0.142. The standard InChI is InChI=1S/C18H23NO4/c20-17(13-14-5-2-1-3-6-14)19-15-8-10-16(11-9-15)23-12-4-7-18(21)22/h5,8-11H,1-4,6-7,12-13H2,(H,19,20)(H,21,22). The highest BCUT2D eigenvalue weighted by Crippen LogP contribution is 2.21. The second kappa shape index (κ2) is 8.98. The molecule has 0 aromatic heterocycles. The number of anilines is 1. The lowest BCUT2D eigenvalue weighted by Gasteiger charge is -2.13. The van der Waals surface area contributed by atoms with Crippen molar-refractivity contribution in [1.29, 1.82) is 0 Å². The predicted molar refractivity (Wildman–Crippen MR) is 88.6 cm³/mol. The molecule has 1 amide bonds. The van der Waals surface area contributed by atoms with Crippen LogP contribution in [0.1, 0.15) is 44.9 Å². The molecule has 0 unspecified atom stereocenters. The number of benzene rings is 1. The number of hydrogen-bond acceptors (Lipinski definition) is 3. The highest BCUT2D eigenvalue weighted by Gasteiger charge is 2.09. The molecule has 124 valence electrons. The Bertz CT molecular complexity index is 563. The number of nitrogens with one attached hydrogen (secondary N) is 1. The molecule has 5 nitrogen and oxygen atoms in total. The van der Waals surface area contributed by atoms with Crippen LogP contribution in [0.4, 0.5) is 5.69 Å². The average molecular weight is 317 g/mol. The smallest absolute Gasteiger partial charge is 0.303 e. The van der Waals surface area contributed by atoms with Crippen LogP contribution in [0, 0.1) is 0 Å². The normalized spacial score (nSPS) is 14.0. The number of carbonyl (C=O) groups is 2. The van der Waals surface area contributed by atoms with Gasteiger partial charge in [0.05, 0.1) is 6.61 Å². The Balaban J connectivity index is 1.74. The summed E-state index contributed by atoms with van der Waals surface area (Å²) in [5.41, 5.74) is 1.97. The Morgan fingerprint density at radius 2 is 1.96 bits per heavy atom. The van der Waals surface area contributed by atoms with Gasteiger partial charge in [-0.25, -0.2) is 0 Å². The summed E-state index contributed by atoms with van der Waals surface area (Å²) >= 11 is 0. The molecule has 0 aliphatic heterocycles. The number of ether oxygens (including phenoxy) is 1. The summed E-state index contributed by atoms with van der Waals surface area (Å²) in [5, 5.41) is 11.4. The largest absolute Gasteiger partial charge is 0.494 e. The highest BCUT2D eigenvalue weighted by atomic mass is 16.5. The third-order valence-corrected chi connectivity index (χ3v) is 3.71. The number of carboxylic acid groups (broad SMARTS) is 1. The lowest BCUT2D eigenvalue weighted by atomic mass is 9.97. The molecule has 23 heavy (non-hydrogen) atoms. The molecule has 1 aliphatic carbocycles. The molecule has 5 heteroatoms. The first-order valence-corrected chi connectivity index (χ1v) is 8.06. The third-order valence-electron chi connectivity index (χ3n) is 3.71. The number of allylic oxidation sites excluding steroid dienone is 1. The summed E-state index contributed by atoms with van der Waals surface area (Å²) < 4.78 is 5.45. The summed E-state index contributed by atoms with van der Waals surface area (Å²) in [4.78, 5) is 22.4. The second-order valence-electron chi connectivity index (χ2n) is 5.70. The molecule has 2 rings (SSSR count). The van der Waals surface area contributed by atoms with E-state index in [0.29, 0.717) is 25.2 Å². The van der Waals surface area contributed by atoms with Gasteiger partial charge in [-0.3, -0.25) is 9.59 Å². The molecule has 0 heterocycles. The van der Waals surface area contributed by atoms with Gasteiger partial charge in [0.1, 0.15) is 5.75 Å². The summed E-state index contributed by atoms with van der Waals surface area (Å²) in [6, 6.07) is 7.13. The molecule has 0 spiro atoms. The first kappa shape index (κ1) is 17.1. The van der Waals surface area contributed by atoms with Crippen LogP contribution in [-0.4, -0.2) is 23.6 Å². The molecular weight excluding hydrogens is 294 g/mol. The van der Waals surface area contributed by atoms with E-state index in [1.165, 1.54) is 18.4 Å². The van der Waals surface area contributed by atoms with Crippen LogP contribution in [0.2, 0.25) is 0 Å². The number of hydrogen-bond donors (Lipinski definition) is 2. The molecule has 0 saturated heterocycles. The van der Waals surface area contributed by atoms with E-state index in [4.69, 9.17) is 9.84 Å². The van der Waals surface area contributed by atoms with Crippen molar-refractivity contribution in [3.63, 3.8) is 0 Å². The van der Waals surface area contributed by atoms with E-state index in [-0.39, 0.29) is 12.3 Å². The van der Waals surface area contributed by atoms with Crippen molar-refractivity contribution in [3.8, 4) is 5.75 Å². The molecule has 0 atom stereocenters. The van der Waals surface area contributed by atoms with Gasteiger partial charge in [0.2, 0.25) is 5.91 Å². The fourth-order valence-corrected chi connectivity index (χ4v) is 2.52. The zero-order chi connectivity index (χ0) is 16.5. The topological polar surface area (TPSA) is 75.6 Å². The molecule has 1 aromatic carbocycles. The minimum atomic E-state index is -0.820. The molecule has 0 saturated carbocycles. The van der Waals surface area contributed by atoms with Crippen LogP contribution >= 0.6 is 0 Å². The molecule has 1 aliphatic rings. The minimum absolute atomic E-state index is 0.00766. The van der Waals surface area contributed by atoms with Crippen molar-refractivity contribution in [1.82, 2.24) is 0 Å². The molecule has 1 aromatic rings. The Kier molecular flexibility index (Phi) is 6.66. The van der Waals surface area contributed by atoms with Gasteiger partial charge < -0.3 is 15.2 Å². The van der Waals surface area contributed by atoms with Crippen molar-refractivity contribution < 1.29 is 19.4 Å². The Labute approximate surface area is 136 Å². The third kappa shape index (κ3) is 6.55. The highest BCUT2D eigenvalue weighted by molar-refractivity contribution is 5.92. The lowest BCUT2D eigenvalue weighted by molar-refractivity contribution is -0.137. The van der Waals surface area contributed by atoms with E-state index >= 15 is 0 Å². The Morgan fingerprint density at radius 1 is 1.17 bits per heavy atom. The number of rotatable bonds is 8. The van der Waals surface area contributed by atoms with E-state index < -0.39 is 5.97 Å². The van der Waals surface area contributed by atoms with Gasteiger partial charge in [-0.05, 0) is 56.4 Å². The molecule has 0 fully saturated rings. The van der Waals surface area contributed by atoms with E-state index in [1.54, 1.807) is 24.3 Å². The van der Waals surface area contributed by atoms with Gasteiger partial charge >= 0.3 is 5.97 Å². The van der Waals surface area contributed by atoms with Crippen LogP contribution in [0.3, 0.4) is 0 Å². The minimum Gasteiger partial charge on any atom is -0.494 e. The van der Waals surface area contributed by atoms with Gasteiger partial charge in [0.15, 0.2) is 0 Å². The quantitative estimate of drug-likeness (QED) is 0.565. The van der Waals surface area contributed by atoms with E-state index in [2.05, 4.69) is 11.4 Å². The zero-order valence-corrected chi connectivity index (χ0v) is 13.2. The van der Waals surface area contributed by atoms with Crippen LogP contribution in [0.25, 0.3) is 0 Å². The van der Waals surface area contributed by atoms with Gasteiger partial charge in [-0.15, -0.1) is 0 Å². The van der Waals surface area contributed by atoms with Crippen molar-refractivity contribution in [3.05, 3.63) is 35.9 Å². The van der Waals surface area contributed by atoms with E-state index in [9.17, 15) is 9.59 Å². The number of aliphatic carboxylic acids is 1. The predicted octanol–water partition coefficient (Wildman–Crippen LogP) is 3.76. The zero-order valence-electron chi connectivity index (χ0n) is 13.2. The lowest BCUT2D eigenvalue weighted by Crippen LogP contribution is -2.13. The van der Waals surface area contributed by atoms with Crippen LogP contribution < -0.4 is 10.1 Å². The van der Waals surface area contributed by atoms with E-state index in [0.717, 1.165) is 18.5 Å². The Hall–Kier alpha value is -2.30. The summed E-state index contributed by atoms with van der Waals surface area (Å²) in [7, 11) is 0. The number of carbonyl (C=O) groups excluding carboxylic acids is 1. The number of carboxylic acids is 1. The van der Waals surface area contributed by atoms with Crippen LogP contribution in [-0.2, 0) is 9.59 Å². The van der Waals surface area contributed by atoms with Gasteiger partial charge in [-0.1, -0.05) is 11.6 Å². The molecule has 0 bridgehead atoms. The van der Waals surface area contributed by atoms with Crippen molar-refractivity contribution in [2.75, 3.05) is 11.9 Å². The van der Waals surface area contributed by atoms with Gasteiger partial charge in [0, 0.05) is 18.5 Å². The average Bonchev–Trinajstić information content (AvgIpc) is 2.54. The first-order chi connectivity index (χ1) is 11.1. The first-order valence-electron chi connectivity index (χ1n) is 8.06. The number of amides is 1.